The smallest absolute Gasteiger partial charge is 0.242 e. The van der Waals surface area contributed by atoms with Crippen LogP contribution in [-0.4, -0.2) is 8.32 Å². The van der Waals surface area contributed by atoms with Gasteiger partial charge in [-0.15, -0.1) is 0 Å². The molecule has 76 valence electrons. The predicted molar refractivity (Wildman–Crippen MR) is 62.2 cm³/mol. The Labute approximate surface area is 83.6 Å². The third-order valence-corrected chi connectivity index (χ3v) is 2.22. The number of rotatable bonds is 5. The summed E-state index contributed by atoms with van der Waals surface area (Å²) >= 11 is 0. The first-order valence-electron chi connectivity index (χ1n) is 4.86. The molecule has 0 unspecified atom stereocenters. The van der Waals surface area contributed by atoms with E-state index in [9.17, 15) is 0 Å². The standard InChI is InChI=1S/C11H22OSi/c1-10(2)8-7-9-11(3)12-13(4,5)6/h7,9-10H,3,8H2,1-2,4-6H3/b9-7+. The average molecular weight is 198 g/mol. The van der Waals surface area contributed by atoms with Crippen molar-refractivity contribution in [3.05, 3.63) is 24.5 Å². The van der Waals surface area contributed by atoms with Crippen LogP contribution < -0.4 is 0 Å². The second kappa shape index (κ2) is 5.27. The van der Waals surface area contributed by atoms with Gasteiger partial charge in [0.15, 0.2) is 0 Å². The minimum atomic E-state index is -1.45. The molecule has 0 amide bonds. The highest BCUT2D eigenvalue weighted by molar-refractivity contribution is 6.70. The van der Waals surface area contributed by atoms with Gasteiger partial charge < -0.3 is 4.43 Å². The van der Waals surface area contributed by atoms with Gasteiger partial charge in [0.05, 0.1) is 5.76 Å². The molecule has 0 radical (unpaired) electrons. The zero-order chi connectivity index (χ0) is 10.5. The van der Waals surface area contributed by atoms with Crippen molar-refractivity contribution in [1.29, 1.82) is 0 Å². The maximum atomic E-state index is 5.68. The van der Waals surface area contributed by atoms with Crippen molar-refractivity contribution < 1.29 is 4.43 Å². The summed E-state index contributed by atoms with van der Waals surface area (Å²) in [7, 11) is -1.45. The van der Waals surface area contributed by atoms with E-state index in [1.165, 1.54) is 0 Å². The lowest BCUT2D eigenvalue weighted by atomic mass is 10.1. The molecule has 0 saturated carbocycles. The molecule has 0 aromatic heterocycles. The van der Waals surface area contributed by atoms with Gasteiger partial charge in [0.1, 0.15) is 0 Å². The second-order valence-corrected chi connectivity index (χ2v) is 9.14. The SMILES string of the molecule is C=C(/C=C/CC(C)C)O[Si](C)(C)C. The summed E-state index contributed by atoms with van der Waals surface area (Å²) in [6.07, 6.45) is 5.21. The van der Waals surface area contributed by atoms with Gasteiger partial charge in [-0.3, -0.25) is 0 Å². The fraction of sp³-hybridized carbons (Fsp3) is 0.636. The third-order valence-electron chi connectivity index (χ3n) is 1.35. The first kappa shape index (κ1) is 12.5. The molecule has 1 nitrogen and oxygen atoms in total. The van der Waals surface area contributed by atoms with Crippen LogP contribution >= 0.6 is 0 Å². The van der Waals surface area contributed by atoms with E-state index in [1.807, 2.05) is 6.08 Å². The minimum Gasteiger partial charge on any atom is -0.545 e. The molecule has 0 heterocycles. The van der Waals surface area contributed by atoms with Crippen LogP contribution in [-0.2, 0) is 4.43 Å². The van der Waals surface area contributed by atoms with E-state index >= 15 is 0 Å². The highest BCUT2D eigenvalue weighted by atomic mass is 28.4. The van der Waals surface area contributed by atoms with Crippen LogP contribution in [0.1, 0.15) is 20.3 Å². The van der Waals surface area contributed by atoms with E-state index < -0.39 is 8.32 Å². The van der Waals surface area contributed by atoms with Gasteiger partial charge in [-0.2, -0.15) is 0 Å². The zero-order valence-corrected chi connectivity index (χ0v) is 10.6. The molecule has 0 saturated heterocycles. The van der Waals surface area contributed by atoms with Gasteiger partial charge in [-0.05, 0) is 38.1 Å². The quantitative estimate of drug-likeness (QED) is 0.369. The van der Waals surface area contributed by atoms with Crippen LogP contribution in [0.25, 0.3) is 0 Å². The zero-order valence-electron chi connectivity index (χ0n) is 9.55. The number of hydrogen-bond acceptors (Lipinski definition) is 1. The van der Waals surface area contributed by atoms with Gasteiger partial charge >= 0.3 is 0 Å². The molecule has 0 aromatic carbocycles. The lowest BCUT2D eigenvalue weighted by Crippen LogP contribution is -2.24. The molecule has 0 bridgehead atoms. The van der Waals surface area contributed by atoms with E-state index in [-0.39, 0.29) is 0 Å². The van der Waals surface area contributed by atoms with Crippen molar-refractivity contribution in [2.75, 3.05) is 0 Å². The van der Waals surface area contributed by atoms with E-state index in [1.54, 1.807) is 0 Å². The fourth-order valence-corrected chi connectivity index (χ4v) is 1.75. The Morgan fingerprint density at radius 2 is 1.92 bits per heavy atom. The monoisotopic (exact) mass is 198 g/mol. The first-order valence-corrected chi connectivity index (χ1v) is 8.26. The van der Waals surface area contributed by atoms with E-state index in [0.29, 0.717) is 5.92 Å². The average Bonchev–Trinajstić information content (AvgIpc) is 1.81. The summed E-state index contributed by atoms with van der Waals surface area (Å²) in [4.78, 5) is 0. The van der Waals surface area contributed by atoms with Crippen molar-refractivity contribution >= 4 is 8.32 Å². The van der Waals surface area contributed by atoms with Gasteiger partial charge in [0.25, 0.3) is 0 Å². The lowest BCUT2D eigenvalue weighted by molar-refractivity contribution is 0.443. The molecular formula is C11H22OSi. The molecule has 0 spiro atoms. The summed E-state index contributed by atoms with van der Waals surface area (Å²) in [6.45, 7) is 14.7. The molecule has 0 N–H and O–H groups in total. The molecule has 0 atom stereocenters. The molecule has 0 fully saturated rings. The third kappa shape index (κ3) is 9.41. The summed E-state index contributed by atoms with van der Waals surface area (Å²) in [5.41, 5.74) is 0. The Morgan fingerprint density at radius 3 is 2.31 bits per heavy atom. The van der Waals surface area contributed by atoms with E-state index in [4.69, 9.17) is 4.43 Å². The second-order valence-electron chi connectivity index (χ2n) is 4.71. The summed E-state index contributed by atoms with van der Waals surface area (Å²) in [6, 6.07) is 0. The Bertz CT molecular complexity index is 187. The normalized spacial score (nSPS) is 12.5. The van der Waals surface area contributed by atoms with Crippen LogP contribution in [0.4, 0.5) is 0 Å². The maximum Gasteiger partial charge on any atom is 0.242 e. The van der Waals surface area contributed by atoms with Crippen molar-refractivity contribution in [3.63, 3.8) is 0 Å². The van der Waals surface area contributed by atoms with Gasteiger partial charge in [0, 0.05) is 0 Å². The number of hydrogen-bond donors (Lipinski definition) is 0. The number of allylic oxidation sites excluding steroid dienone is 2. The van der Waals surface area contributed by atoms with Crippen LogP contribution in [0.2, 0.25) is 19.6 Å². The minimum absolute atomic E-state index is 0.705. The highest BCUT2D eigenvalue weighted by Gasteiger charge is 2.15. The Kier molecular flexibility index (Phi) is 5.07. The molecule has 2 heteroatoms. The van der Waals surface area contributed by atoms with Gasteiger partial charge in [-0.1, -0.05) is 26.5 Å². The van der Waals surface area contributed by atoms with Gasteiger partial charge in [0.2, 0.25) is 8.32 Å². The molecule has 0 aromatic rings. The largest absolute Gasteiger partial charge is 0.545 e. The van der Waals surface area contributed by atoms with Crippen LogP contribution in [0.3, 0.4) is 0 Å². The molecule has 13 heavy (non-hydrogen) atoms. The van der Waals surface area contributed by atoms with E-state index in [2.05, 4.69) is 46.1 Å². The van der Waals surface area contributed by atoms with Crippen LogP contribution in [0, 0.1) is 5.92 Å². The maximum absolute atomic E-state index is 5.68. The lowest BCUT2D eigenvalue weighted by Gasteiger charge is -2.18. The molecule has 0 aliphatic rings. The Morgan fingerprint density at radius 1 is 1.38 bits per heavy atom. The van der Waals surface area contributed by atoms with E-state index in [0.717, 1.165) is 12.2 Å². The molecule has 0 rings (SSSR count). The van der Waals surface area contributed by atoms with Crippen LogP contribution in [0.15, 0.2) is 24.5 Å². The fourth-order valence-electron chi connectivity index (χ4n) is 0.899. The predicted octanol–water partition coefficient (Wildman–Crippen LogP) is 3.95. The molecular weight excluding hydrogens is 176 g/mol. The summed E-state index contributed by atoms with van der Waals surface area (Å²) in [5, 5.41) is 0. The van der Waals surface area contributed by atoms with Crippen molar-refractivity contribution in [2.45, 2.75) is 39.9 Å². The molecule has 0 aliphatic heterocycles. The summed E-state index contributed by atoms with van der Waals surface area (Å²) < 4.78 is 5.68. The summed E-state index contributed by atoms with van der Waals surface area (Å²) in [5.74, 6) is 1.51. The van der Waals surface area contributed by atoms with Crippen molar-refractivity contribution in [1.82, 2.24) is 0 Å². The Balaban J connectivity index is 3.81. The molecule has 0 aliphatic carbocycles. The van der Waals surface area contributed by atoms with Crippen LogP contribution in [0.5, 0.6) is 0 Å². The first-order chi connectivity index (χ1) is 5.81. The van der Waals surface area contributed by atoms with Crippen molar-refractivity contribution in [2.24, 2.45) is 5.92 Å². The van der Waals surface area contributed by atoms with Gasteiger partial charge in [-0.25, -0.2) is 0 Å². The Hall–Kier alpha value is -0.503. The highest BCUT2D eigenvalue weighted by Crippen LogP contribution is 2.10. The van der Waals surface area contributed by atoms with Crippen molar-refractivity contribution in [3.8, 4) is 0 Å². The topological polar surface area (TPSA) is 9.23 Å².